The largest absolute Gasteiger partial charge is 0.460 e. The van der Waals surface area contributed by atoms with Crippen LogP contribution in [0.4, 0.5) is 13.2 Å². The van der Waals surface area contributed by atoms with Gasteiger partial charge in [-0.2, -0.15) is 13.2 Å². The van der Waals surface area contributed by atoms with Crippen LogP contribution < -0.4 is 10.5 Å². The molecule has 0 bridgehead atoms. The second kappa shape index (κ2) is 16.1. The molecular weight excluding hydrogens is 521 g/mol. The van der Waals surface area contributed by atoms with Gasteiger partial charge in [-0.25, -0.2) is 9.97 Å². The molecule has 2 N–H and O–H groups in total. The lowest BCUT2D eigenvalue weighted by Gasteiger charge is -2.23. The van der Waals surface area contributed by atoms with Gasteiger partial charge >= 0.3 is 6.18 Å². The van der Waals surface area contributed by atoms with Gasteiger partial charge in [-0.15, -0.1) is 24.5 Å². The highest BCUT2D eigenvalue weighted by Gasteiger charge is 2.29. The van der Waals surface area contributed by atoms with Crippen LogP contribution in [0.1, 0.15) is 53.4 Å². The summed E-state index contributed by atoms with van der Waals surface area (Å²) >= 11 is 2.89. The molecule has 0 amide bonds. The summed E-state index contributed by atoms with van der Waals surface area (Å²) in [5.41, 5.74) is 8.00. The lowest BCUT2D eigenvalue weighted by atomic mass is 10.1. The van der Waals surface area contributed by atoms with Gasteiger partial charge in [0.25, 0.3) is 5.19 Å². The van der Waals surface area contributed by atoms with Crippen molar-refractivity contribution in [3.05, 3.63) is 52.1 Å². The highest BCUT2D eigenvalue weighted by atomic mass is 32.1. The Hall–Kier alpha value is -1.95. The molecule has 0 saturated carbocycles. The molecule has 0 aromatic carbocycles. The summed E-state index contributed by atoms with van der Waals surface area (Å²) in [7, 11) is 0. The molecule has 0 spiro atoms. The minimum atomic E-state index is -4.32. The number of allylic oxidation sites excluding steroid dienone is 1. The average Bonchev–Trinajstić information content (AvgIpc) is 3.26. The van der Waals surface area contributed by atoms with Crippen molar-refractivity contribution in [2.24, 2.45) is 5.73 Å². The molecule has 208 valence electrons. The van der Waals surface area contributed by atoms with E-state index in [1.54, 1.807) is 11.3 Å². The van der Waals surface area contributed by atoms with Crippen molar-refractivity contribution in [2.45, 2.75) is 70.6 Å². The number of fused-ring (bicyclic) bond motifs is 1. The van der Waals surface area contributed by atoms with Gasteiger partial charge in [0.1, 0.15) is 0 Å². The van der Waals surface area contributed by atoms with Gasteiger partial charge in [-0.05, 0) is 32.6 Å². The van der Waals surface area contributed by atoms with Crippen molar-refractivity contribution in [3.8, 4) is 5.19 Å². The zero-order valence-electron chi connectivity index (χ0n) is 21.7. The number of hydrogen-bond donors (Lipinski definition) is 1. The van der Waals surface area contributed by atoms with E-state index < -0.39 is 12.8 Å². The summed E-state index contributed by atoms with van der Waals surface area (Å²) in [5, 5.41) is 3.23. The van der Waals surface area contributed by atoms with Crippen LogP contribution in [-0.2, 0) is 24.0 Å². The molecule has 0 radical (unpaired) electrons. The first kappa shape index (κ1) is 31.3. The molecule has 1 saturated heterocycles. The molecule has 11 heteroatoms. The van der Waals surface area contributed by atoms with E-state index in [1.165, 1.54) is 30.6 Å². The number of halogens is 3. The SMILES string of the molecule is C=C.C=C(N)Cc1csc(C)n1.FC(F)(F)COc1nc2c(s1)CCN(CC[C@H]1CCCCCO1)CC2. The van der Waals surface area contributed by atoms with E-state index in [0.717, 1.165) is 73.2 Å². The third-order valence-corrected chi connectivity index (χ3v) is 7.70. The van der Waals surface area contributed by atoms with Gasteiger partial charge < -0.3 is 20.1 Å². The molecule has 37 heavy (non-hydrogen) atoms. The van der Waals surface area contributed by atoms with Gasteiger partial charge in [0.2, 0.25) is 0 Å². The Bertz CT molecular complexity index is 915. The number of nitrogens with two attached hydrogens (primary N) is 1. The van der Waals surface area contributed by atoms with Crippen LogP contribution in [0.3, 0.4) is 0 Å². The Morgan fingerprint density at radius 2 is 1.97 bits per heavy atom. The van der Waals surface area contributed by atoms with Crippen molar-refractivity contribution in [1.29, 1.82) is 0 Å². The topological polar surface area (TPSA) is 73.5 Å². The summed E-state index contributed by atoms with van der Waals surface area (Å²) in [6.07, 6.45) is 4.26. The zero-order chi connectivity index (χ0) is 27.3. The Kier molecular flexibility index (Phi) is 13.6. The second-order valence-electron chi connectivity index (χ2n) is 8.92. The summed E-state index contributed by atoms with van der Waals surface area (Å²) in [6, 6.07) is 0. The highest BCUT2D eigenvalue weighted by molar-refractivity contribution is 7.13. The Morgan fingerprint density at radius 3 is 2.65 bits per heavy atom. The van der Waals surface area contributed by atoms with E-state index >= 15 is 0 Å². The fourth-order valence-corrected chi connectivity index (χ4v) is 5.63. The highest BCUT2D eigenvalue weighted by Crippen LogP contribution is 2.29. The average molecular weight is 561 g/mol. The van der Waals surface area contributed by atoms with Gasteiger partial charge in [0.15, 0.2) is 6.61 Å². The van der Waals surface area contributed by atoms with Crippen LogP contribution in [0.15, 0.2) is 30.8 Å². The van der Waals surface area contributed by atoms with E-state index in [4.69, 9.17) is 15.2 Å². The van der Waals surface area contributed by atoms with Crippen LogP contribution in [0.5, 0.6) is 5.19 Å². The Balaban J connectivity index is 0.000000336. The third-order valence-electron chi connectivity index (χ3n) is 5.80. The number of thiazole rings is 2. The van der Waals surface area contributed by atoms with Gasteiger partial charge in [0.05, 0.1) is 22.5 Å². The lowest BCUT2D eigenvalue weighted by Crippen LogP contribution is -2.30. The van der Waals surface area contributed by atoms with Crippen LogP contribution in [-0.4, -0.2) is 60.0 Å². The summed E-state index contributed by atoms with van der Waals surface area (Å²) in [6.45, 7) is 14.0. The molecule has 2 aliphatic heterocycles. The molecule has 1 atom stereocenters. The van der Waals surface area contributed by atoms with E-state index in [9.17, 15) is 13.2 Å². The Morgan fingerprint density at radius 1 is 1.22 bits per heavy atom. The molecule has 2 aromatic rings. The third kappa shape index (κ3) is 12.4. The first-order valence-corrected chi connectivity index (χ1v) is 14.2. The number of nitrogens with zero attached hydrogens (tertiary/aromatic N) is 3. The first-order valence-electron chi connectivity index (χ1n) is 12.5. The van der Waals surface area contributed by atoms with E-state index in [2.05, 4.69) is 34.6 Å². The molecule has 4 rings (SSSR count). The zero-order valence-corrected chi connectivity index (χ0v) is 23.3. The van der Waals surface area contributed by atoms with Crippen LogP contribution >= 0.6 is 22.7 Å². The lowest BCUT2D eigenvalue weighted by molar-refractivity contribution is -0.153. The summed E-state index contributed by atoms with van der Waals surface area (Å²) in [5.74, 6) is 0. The standard InChI is InChI=1S/C17H25F3N2O2S.C7H10N2S.C2H4/c18-17(19,20)12-24-16-21-14-6-9-22(10-7-15(14)25-16)8-5-13-4-2-1-3-11-23-13;1-5(8)3-7-4-10-6(2)9-7;1-2/h13H,1-12H2;4H,1,3,8H2,2H3;1-2H2/t13-;;/m1../s1. The van der Waals surface area contributed by atoms with Gasteiger partial charge in [-0.1, -0.05) is 30.8 Å². The summed E-state index contributed by atoms with van der Waals surface area (Å²) in [4.78, 5) is 12.0. The fourth-order valence-electron chi connectivity index (χ4n) is 4.08. The maximum absolute atomic E-state index is 12.2. The van der Waals surface area contributed by atoms with Crippen LogP contribution in [0.2, 0.25) is 0 Å². The van der Waals surface area contributed by atoms with Crippen LogP contribution in [0.25, 0.3) is 0 Å². The van der Waals surface area contributed by atoms with Crippen molar-refractivity contribution < 1.29 is 22.6 Å². The maximum Gasteiger partial charge on any atom is 0.422 e. The van der Waals surface area contributed by atoms with Crippen molar-refractivity contribution >= 4 is 22.7 Å². The molecule has 0 aliphatic carbocycles. The number of hydrogen-bond acceptors (Lipinski definition) is 8. The number of rotatable bonds is 7. The number of alkyl halides is 3. The second-order valence-corrected chi connectivity index (χ2v) is 11.0. The molecule has 2 aliphatic rings. The molecule has 4 heterocycles. The van der Waals surface area contributed by atoms with Crippen molar-refractivity contribution in [1.82, 2.24) is 14.9 Å². The predicted octanol–water partition coefficient (Wildman–Crippen LogP) is 6.10. The fraction of sp³-hybridized carbons (Fsp3) is 0.615. The van der Waals surface area contributed by atoms with Crippen molar-refractivity contribution in [3.63, 3.8) is 0 Å². The number of aryl methyl sites for hydroxylation is 1. The quantitative estimate of drug-likeness (QED) is 0.413. The first-order chi connectivity index (χ1) is 17.7. The Labute approximate surface area is 226 Å². The van der Waals surface area contributed by atoms with E-state index in [1.807, 2.05) is 12.3 Å². The minimum absolute atomic E-state index is 0.141. The number of ether oxygens (including phenoxy) is 2. The minimum Gasteiger partial charge on any atom is -0.460 e. The normalized spacial score (nSPS) is 18.2. The van der Waals surface area contributed by atoms with Crippen molar-refractivity contribution in [2.75, 3.05) is 32.8 Å². The van der Waals surface area contributed by atoms with E-state index in [-0.39, 0.29) is 5.19 Å². The van der Waals surface area contributed by atoms with Gasteiger partial charge in [-0.3, -0.25) is 0 Å². The molecule has 1 fully saturated rings. The molecular formula is C26H39F3N4O2S2. The maximum atomic E-state index is 12.2. The van der Waals surface area contributed by atoms with Gasteiger partial charge in [0, 0.05) is 55.0 Å². The predicted molar refractivity (Wildman–Crippen MR) is 145 cm³/mol. The van der Waals surface area contributed by atoms with E-state index in [0.29, 0.717) is 18.2 Å². The van der Waals surface area contributed by atoms with Crippen LogP contribution in [0, 0.1) is 6.92 Å². The molecule has 2 aromatic heterocycles. The number of aromatic nitrogens is 2. The molecule has 6 nitrogen and oxygen atoms in total. The summed E-state index contributed by atoms with van der Waals surface area (Å²) < 4.78 is 47.4. The molecule has 0 unspecified atom stereocenters. The smallest absolute Gasteiger partial charge is 0.422 e. The monoisotopic (exact) mass is 560 g/mol.